The van der Waals surface area contributed by atoms with Crippen LogP contribution in [0.3, 0.4) is 0 Å². The molecule has 0 unspecified atom stereocenters. The van der Waals surface area contributed by atoms with Crippen LogP contribution in [0.4, 0.5) is 0 Å². The molecule has 1 saturated heterocycles. The van der Waals surface area contributed by atoms with E-state index in [1.54, 1.807) is 7.11 Å². The molecule has 7 nitrogen and oxygen atoms in total. The van der Waals surface area contributed by atoms with E-state index in [1.807, 2.05) is 31.2 Å². The van der Waals surface area contributed by atoms with E-state index in [-0.39, 0.29) is 48.6 Å². The molecular formula is C34H46ClNO6. The highest BCUT2D eigenvalue weighted by Crippen LogP contribution is 2.80. The highest BCUT2D eigenvalue weighted by atomic mass is 35.5. The lowest BCUT2D eigenvalue weighted by atomic mass is 9.45. The van der Waals surface area contributed by atoms with Crippen molar-refractivity contribution in [3.8, 4) is 0 Å². The first-order valence-corrected chi connectivity index (χ1v) is 16.1. The number of nitrogens with zero attached hydrogens (tertiary/aromatic N) is 1. The van der Waals surface area contributed by atoms with Crippen molar-refractivity contribution in [2.75, 3.05) is 26.8 Å². The number of aldehydes is 1. The molecule has 1 aromatic carbocycles. The minimum absolute atomic E-state index is 0.00978. The minimum Gasteiger partial charge on any atom is -0.480 e. The number of hydrogen-bond donors (Lipinski definition) is 1. The molecule has 6 rings (SSSR count). The lowest BCUT2D eigenvalue weighted by Gasteiger charge is -2.58. The largest absolute Gasteiger partial charge is 0.480 e. The molecule has 1 heterocycles. The van der Waals surface area contributed by atoms with E-state index in [0.717, 1.165) is 30.3 Å². The fraction of sp³-hybridized carbons (Fsp3) is 0.706. The Balaban J connectivity index is 1.33. The Hall–Kier alpha value is -1.77. The second-order valence-electron chi connectivity index (χ2n) is 14.1. The molecule has 10 atom stereocenters. The number of methoxy groups -OCH3 is 1. The van der Waals surface area contributed by atoms with Crippen molar-refractivity contribution in [3.63, 3.8) is 0 Å². The van der Waals surface area contributed by atoms with Gasteiger partial charge in [-0.05, 0) is 67.6 Å². The zero-order chi connectivity index (χ0) is 30.0. The molecule has 0 radical (unpaired) electrons. The predicted molar refractivity (Wildman–Crippen MR) is 160 cm³/mol. The third kappa shape index (κ3) is 4.21. The van der Waals surface area contributed by atoms with Gasteiger partial charge in [0.05, 0.1) is 35.9 Å². The first-order valence-electron chi connectivity index (χ1n) is 15.7. The molecule has 3 saturated carbocycles. The van der Waals surface area contributed by atoms with Gasteiger partial charge in [-0.3, -0.25) is 9.69 Å². The summed E-state index contributed by atoms with van der Waals surface area (Å²) in [6.45, 7) is 10.7. The van der Waals surface area contributed by atoms with Crippen LogP contribution in [-0.4, -0.2) is 73.0 Å². The van der Waals surface area contributed by atoms with Crippen LogP contribution in [0.2, 0.25) is 5.02 Å². The lowest BCUT2D eigenvalue weighted by Crippen LogP contribution is -2.66. The summed E-state index contributed by atoms with van der Waals surface area (Å²) in [6, 6.07) is 7.88. The molecule has 0 amide bonds. The van der Waals surface area contributed by atoms with Gasteiger partial charge in [-0.25, -0.2) is 0 Å². The van der Waals surface area contributed by atoms with E-state index in [9.17, 15) is 14.7 Å². The lowest BCUT2D eigenvalue weighted by molar-refractivity contribution is -0.218. The summed E-state index contributed by atoms with van der Waals surface area (Å²) < 4.78 is 19.5. The molecule has 230 valence electrons. The molecule has 1 aliphatic heterocycles. The molecule has 1 N–H and O–H groups in total. The number of aliphatic carboxylic acids is 1. The second kappa shape index (κ2) is 11.0. The van der Waals surface area contributed by atoms with Crippen molar-refractivity contribution in [3.05, 3.63) is 46.5 Å². The van der Waals surface area contributed by atoms with Gasteiger partial charge in [0.2, 0.25) is 0 Å². The smallest absolute Gasteiger partial charge is 0.317 e. The zero-order valence-electron chi connectivity index (χ0n) is 25.6. The summed E-state index contributed by atoms with van der Waals surface area (Å²) in [4.78, 5) is 29.3. The number of carboxylic acids is 1. The van der Waals surface area contributed by atoms with Gasteiger partial charge in [-0.15, -0.1) is 0 Å². The highest BCUT2D eigenvalue weighted by molar-refractivity contribution is 6.30. The van der Waals surface area contributed by atoms with Crippen molar-refractivity contribution in [2.45, 2.75) is 83.8 Å². The molecule has 5 aliphatic rings. The maximum absolute atomic E-state index is 13.7. The normalized spacial score (nSPS) is 42.8. The molecular weight excluding hydrogens is 554 g/mol. The summed E-state index contributed by atoms with van der Waals surface area (Å²) in [7, 11) is 1.72. The minimum atomic E-state index is -1.35. The van der Waals surface area contributed by atoms with Crippen molar-refractivity contribution in [2.24, 2.45) is 40.4 Å². The molecule has 4 aliphatic carbocycles. The number of ether oxygens (including phenoxy) is 3. The van der Waals surface area contributed by atoms with Crippen LogP contribution in [-0.2, 0) is 30.3 Å². The number of carbonyl (C=O) groups is 2. The summed E-state index contributed by atoms with van der Waals surface area (Å²) >= 11 is 6.13. The number of benzene rings is 1. The van der Waals surface area contributed by atoms with E-state index >= 15 is 0 Å². The maximum Gasteiger partial charge on any atom is 0.317 e. The topological polar surface area (TPSA) is 85.3 Å². The van der Waals surface area contributed by atoms with Gasteiger partial charge >= 0.3 is 5.97 Å². The predicted octanol–water partition coefficient (Wildman–Crippen LogP) is 5.64. The SMILES string of the molecule is CO[C@H]1CN(Cc2ccc(Cl)cc2)C[C@H](CO[C@@]23C[C@@H]4[C@H](C)CC[C@H]4[C@@]4(C=O)C[C@@H]2C=C(C(C)C)[C@@]34C(=O)O)O[C@@H]1C. The number of hydrogen-bond acceptors (Lipinski definition) is 6. The molecule has 42 heavy (non-hydrogen) atoms. The number of carboxylic acid groups (broad SMARTS) is 1. The van der Waals surface area contributed by atoms with Crippen LogP contribution < -0.4 is 0 Å². The van der Waals surface area contributed by atoms with Crippen molar-refractivity contribution in [1.29, 1.82) is 0 Å². The van der Waals surface area contributed by atoms with E-state index in [2.05, 4.69) is 31.7 Å². The van der Waals surface area contributed by atoms with Crippen LogP contribution >= 0.6 is 11.6 Å². The summed E-state index contributed by atoms with van der Waals surface area (Å²) in [5.41, 5.74) is -1.21. The standard InChI is InChI=1S/C34H46ClNO6/c1-20(2)29-12-24-13-32(19-37)28-11-6-21(3)27(28)14-33(24,34(29,32)31(38)39)41-18-26-16-36(17-30(40-5)22(4)42-26)15-23-7-9-25(35)10-8-23/h7-10,12,19-22,24,26-28,30H,6,11,13-18H2,1-5H3,(H,38,39)/t21-,22-,24+,26-,27-,28-,30+,32+,33+,34+/m1/s1. The van der Waals surface area contributed by atoms with Crippen LogP contribution in [0.15, 0.2) is 35.9 Å². The van der Waals surface area contributed by atoms with Crippen LogP contribution in [0, 0.1) is 40.4 Å². The van der Waals surface area contributed by atoms with Crippen molar-refractivity contribution >= 4 is 23.9 Å². The maximum atomic E-state index is 13.7. The quantitative estimate of drug-likeness (QED) is 0.290. The van der Waals surface area contributed by atoms with Gasteiger partial charge in [0, 0.05) is 37.7 Å². The highest BCUT2D eigenvalue weighted by Gasteiger charge is 2.85. The molecule has 8 heteroatoms. The Kier molecular flexibility index (Phi) is 7.92. The monoisotopic (exact) mass is 599 g/mol. The molecule has 0 spiro atoms. The van der Waals surface area contributed by atoms with Gasteiger partial charge in [0.25, 0.3) is 0 Å². The zero-order valence-corrected chi connectivity index (χ0v) is 26.3. The number of halogens is 1. The second-order valence-corrected chi connectivity index (χ2v) is 14.5. The van der Waals surface area contributed by atoms with Gasteiger partial charge in [0.1, 0.15) is 11.7 Å². The number of carbonyl (C=O) groups excluding carboxylic acids is 1. The van der Waals surface area contributed by atoms with E-state index in [1.165, 1.54) is 0 Å². The Labute approximate surface area is 254 Å². The van der Waals surface area contributed by atoms with Gasteiger partial charge in [-0.1, -0.05) is 62.6 Å². The fourth-order valence-electron chi connectivity index (χ4n) is 10.1. The number of fused-ring (bicyclic) bond motifs is 2. The van der Waals surface area contributed by atoms with Gasteiger partial charge in [-0.2, -0.15) is 0 Å². The van der Waals surface area contributed by atoms with E-state index < -0.39 is 22.4 Å². The van der Waals surface area contributed by atoms with Crippen LogP contribution in [0.5, 0.6) is 0 Å². The van der Waals surface area contributed by atoms with E-state index in [4.69, 9.17) is 25.8 Å². The molecule has 0 aromatic heterocycles. The fourth-order valence-corrected chi connectivity index (χ4v) is 10.3. The molecule has 4 bridgehead atoms. The third-order valence-electron chi connectivity index (χ3n) is 11.8. The first-order chi connectivity index (χ1) is 20.0. The molecule has 1 aromatic rings. The van der Waals surface area contributed by atoms with Gasteiger partial charge < -0.3 is 24.1 Å². The van der Waals surface area contributed by atoms with Crippen LogP contribution in [0.1, 0.15) is 58.9 Å². The third-order valence-corrected chi connectivity index (χ3v) is 12.1. The Bertz CT molecular complexity index is 1230. The Morgan fingerprint density at radius 3 is 2.57 bits per heavy atom. The summed E-state index contributed by atoms with van der Waals surface area (Å²) in [5.74, 6) is -0.191. The Morgan fingerprint density at radius 1 is 1.19 bits per heavy atom. The summed E-state index contributed by atoms with van der Waals surface area (Å²) in [6.07, 6.45) is 5.85. The average Bonchev–Trinajstić information content (AvgIpc) is 3.48. The van der Waals surface area contributed by atoms with Gasteiger partial charge in [0.15, 0.2) is 0 Å². The van der Waals surface area contributed by atoms with Crippen molar-refractivity contribution < 1.29 is 28.9 Å². The first kappa shape index (κ1) is 30.3. The molecule has 4 fully saturated rings. The van der Waals surface area contributed by atoms with Crippen LogP contribution in [0.25, 0.3) is 0 Å². The van der Waals surface area contributed by atoms with E-state index in [0.29, 0.717) is 43.4 Å². The number of rotatable bonds is 9. The summed E-state index contributed by atoms with van der Waals surface area (Å²) in [5, 5.41) is 11.9. The Morgan fingerprint density at radius 2 is 1.93 bits per heavy atom. The average molecular weight is 600 g/mol. The van der Waals surface area contributed by atoms with Crippen molar-refractivity contribution in [1.82, 2.24) is 4.90 Å².